The van der Waals surface area contributed by atoms with Crippen molar-refractivity contribution in [2.75, 3.05) is 6.54 Å². The lowest BCUT2D eigenvalue weighted by Crippen LogP contribution is -2.45. The SMILES string of the molecule is C[C@H](N)C(=O)N1CCCC1Cc1ccc2ccccc2c1.Cl. The van der Waals surface area contributed by atoms with E-state index in [4.69, 9.17) is 5.73 Å². The number of rotatable bonds is 3. The molecule has 2 atom stereocenters. The van der Waals surface area contributed by atoms with Crippen molar-refractivity contribution in [3.8, 4) is 0 Å². The van der Waals surface area contributed by atoms with E-state index in [-0.39, 0.29) is 18.3 Å². The first-order valence-corrected chi connectivity index (χ1v) is 7.69. The number of amides is 1. The summed E-state index contributed by atoms with van der Waals surface area (Å²) >= 11 is 0. The number of halogens is 1. The Morgan fingerprint density at radius 3 is 2.73 bits per heavy atom. The van der Waals surface area contributed by atoms with E-state index >= 15 is 0 Å². The summed E-state index contributed by atoms with van der Waals surface area (Å²) in [5, 5.41) is 2.52. The largest absolute Gasteiger partial charge is 0.338 e. The molecule has 1 aliphatic heterocycles. The van der Waals surface area contributed by atoms with Crippen LogP contribution in [0.5, 0.6) is 0 Å². The molecule has 2 aromatic carbocycles. The highest BCUT2D eigenvalue weighted by Gasteiger charge is 2.30. The van der Waals surface area contributed by atoms with Gasteiger partial charge in [0.15, 0.2) is 0 Å². The Hall–Kier alpha value is -1.58. The minimum Gasteiger partial charge on any atom is -0.338 e. The Morgan fingerprint density at radius 1 is 1.27 bits per heavy atom. The summed E-state index contributed by atoms with van der Waals surface area (Å²) in [5.74, 6) is 0.0817. The van der Waals surface area contributed by atoms with E-state index in [0.717, 1.165) is 25.8 Å². The van der Waals surface area contributed by atoms with Crippen LogP contribution < -0.4 is 5.73 Å². The molecule has 1 heterocycles. The first-order chi connectivity index (χ1) is 10.1. The zero-order chi connectivity index (χ0) is 14.8. The number of benzene rings is 2. The van der Waals surface area contributed by atoms with Gasteiger partial charge >= 0.3 is 0 Å². The van der Waals surface area contributed by atoms with Crippen molar-refractivity contribution >= 4 is 29.1 Å². The molecule has 4 heteroatoms. The molecule has 3 rings (SSSR count). The van der Waals surface area contributed by atoms with Crippen molar-refractivity contribution in [1.29, 1.82) is 0 Å². The van der Waals surface area contributed by atoms with Crippen molar-refractivity contribution < 1.29 is 4.79 Å². The Bertz CT molecular complexity index is 656. The summed E-state index contributed by atoms with van der Waals surface area (Å²) in [6.07, 6.45) is 3.07. The molecule has 3 nitrogen and oxygen atoms in total. The average Bonchev–Trinajstić information content (AvgIpc) is 2.94. The van der Waals surface area contributed by atoms with Gasteiger partial charge < -0.3 is 10.6 Å². The van der Waals surface area contributed by atoms with Gasteiger partial charge in [0, 0.05) is 12.6 Å². The van der Waals surface area contributed by atoms with Crippen molar-refractivity contribution in [1.82, 2.24) is 4.90 Å². The minimum atomic E-state index is -0.401. The molecule has 1 aliphatic rings. The quantitative estimate of drug-likeness (QED) is 0.945. The molecular weight excluding hydrogens is 296 g/mol. The first kappa shape index (κ1) is 16.8. The van der Waals surface area contributed by atoms with Gasteiger partial charge in [0.05, 0.1) is 6.04 Å². The lowest BCUT2D eigenvalue weighted by atomic mass is 10.00. The molecule has 0 aromatic heterocycles. The zero-order valence-corrected chi connectivity index (χ0v) is 13.7. The number of hydrogen-bond donors (Lipinski definition) is 1. The Morgan fingerprint density at radius 2 is 2.00 bits per heavy atom. The second-order valence-electron chi connectivity index (χ2n) is 6.00. The van der Waals surface area contributed by atoms with Gasteiger partial charge in [0.25, 0.3) is 0 Å². The summed E-state index contributed by atoms with van der Waals surface area (Å²) in [6.45, 7) is 2.62. The van der Waals surface area contributed by atoms with E-state index in [2.05, 4.69) is 42.5 Å². The summed E-state index contributed by atoms with van der Waals surface area (Å²) < 4.78 is 0. The van der Waals surface area contributed by atoms with Gasteiger partial charge in [-0.25, -0.2) is 0 Å². The highest BCUT2D eigenvalue weighted by molar-refractivity contribution is 5.85. The molecule has 0 spiro atoms. The third kappa shape index (κ3) is 3.42. The van der Waals surface area contributed by atoms with E-state index in [1.807, 2.05) is 4.90 Å². The predicted octanol–water partition coefficient (Wildman–Crippen LogP) is 3.14. The highest BCUT2D eigenvalue weighted by Crippen LogP contribution is 2.24. The van der Waals surface area contributed by atoms with E-state index in [0.29, 0.717) is 6.04 Å². The molecular formula is C18H23ClN2O. The number of carbonyl (C=O) groups is 1. The lowest BCUT2D eigenvalue weighted by molar-refractivity contribution is -0.132. The van der Waals surface area contributed by atoms with Crippen LogP contribution in [0.4, 0.5) is 0 Å². The summed E-state index contributed by atoms with van der Waals surface area (Å²) in [6, 6.07) is 14.9. The van der Waals surface area contributed by atoms with Crippen molar-refractivity contribution in [3.05, 3.63) is 48.0 Å². The molecule has 1 saturated heterocycles. The molecule has 0 radical (unpaired) electrons. The van der Waals surface area contributed by atoms with Crippen LogP contribution in [0, 0.1) is 0 Å². The molecule has 0 saturated carbocycles. The molecule has 22 heavy (non-hydrogen) atoms. The maximum atomic E-state index is 12.2. The molecule has 1 fully saturated rings. The second-order valence-corrected chi connectivity index (χ2v) is 6.00. The first-order valence-electron chi connectivity index (χ1n) is 7.69. The van der Waals surface area contributed by atoms with Gasteiger partial charge in [-0.2, -0.15) is 0 Å². The van der Waals surface area contributed by atoms with Crippen LogP contribution >= 0.6 is 12.4 Å². The van der Waals surface area contributed by atoms with Gasteiger partial charge in [-0.3, -0.25) is 4.79 Å². The fraction of sp³-hybridized carbons (Fsp3) is 0.389. The van der Waals surface area contributed by atoms with Crippen LogP contribution in [0.1, 0.15) is 25.3 Å². The van der Waals surface area contributed by atoms with E-state index in [1.54, 1.807) is 6.92 Å². The number of fused-ring (bicyclic) bond motifs is 1. The van der Waals surface area contributed by atoms with Crippen molar-refractivity contribution in [3.63, 3.8) is 0 Å². The van der Waals surface area contributed by atoms with Crippen LogP contribution in [0.3, 0.4) is 0 Å². The topological polar surface area (TPSA) is 46.3 Å². The lowest BCUT2D eigenvalue weighted by Gasteiger charge is -2.26. The third-order valence-electron chi connectivity index (χ3n) is 4.33. The van der Waals surface area contributed by atoms with Gasteiger partial charge in [0.2, 0.25) is 5.91 Å². The van der Waals surface area contributed by atoms with E-state index in [1.165, 1.54) is 16.3 Å². The summed E-state index contributed by atoms with van der Waals surface area (Å²) in [5.41, 5.74) is 7.05. The van der Waals surface area contributed by atoms with Gasteiger partial charge in [-0.05, 0) is 42.5 Å². The number of carbonyl (C=O) groups excluding carboxylic acids is 1. The fourth-order valence-electron chi connectivity index (χ4n) is 3.24. The average molecular weight is 319 g/mol. The fourth-order valence-corrected chi connectivity index (χ4v) is 3.24. The van der Waals surface area contributed by atoms with E-state index < -0.39 is 6.04 Å². The predicted molar refractivity (Wildman–Crippen MR) is 93.3 cm³/mol. The summed E-state index contributed by atoms with van der Waals surface area (Å²) in [4.78, 5) is 14.1. The highest BCUT2D eigenvalue weighted by atomic mass is 35.5. The molecule has 0 bridgehead atoms. The Kier molecular flexibility index (Phi) is 5.43. The smallest absolute Gasteiger partial charge is 0.239 e. The maximum absolute atomic E-state index is 12.2. The monoisotopic (exact) mass is 318 g/mol. The van der Waals surface area contributed by atoms with Crippen LogP contribution in [0.15, 0.2) is 42.5 Å². The summed E-state index contributed by atoms with van der Waals surface area (Å²) in [7, 11) is 0. The number of likely N-dealkylation sites (tertiary alicyclic amines) is 1. The van der Waals surface area contributed by atoms with Crippen molar-refractivity contribution in [2.24, 2.45) is 5.73 Å². The minimum absolute atomic E-state index is 0. The molecule has 2 aromatic rings. The molecule has 2 N–H and O–H groups in total. The number of nitrogens with two attached hydrogens (primary N) is 1. The van der Waals surface area contributed by atoms with Crippen LogP contribution in [0.25, 0.3) is 10.8 Å². The third-order valence-corrected chi connectivity index (χ3v) is 4.33. The number of hydrogen-bond acceptors (Lipinski definition) is 2. The normalized spacial score (nSPS) is 19.0. The Balaban J connectivity index is 0.00000176. The molecule has 118 valence electrons. The van der Waals surface area contributed by atoms with E-state index in [9.17, 15) is 4.79 Å². The zero-order valence-electron chi connectivity index (χ0n) is 12.9. The standard InChI is InChI=1S/C18H22N2O.ClH/c1-13(19)18(21)20-10-4-7-17(20)12-14-8-9-15-5-2-3-6-16(15)11-14;/h2-3,5-6,8-9,11,13,17H,4,7,10,12,19H2,1H3;1H/t13-,17?;/m0./s1. The van der Waals surface area contributed by atoms with Crippen LogP contribution in [-0.4, -0.2) is 29.4 Å². The Labute approximate surface area is 137 Å². The van der Waals surface area contributed by atoms with Gasteiger partial charge in [0.1, 0.15) is 0 Å². The van der Waals surface area contributed by atoms with Gasteiger partial charge in [-0.1, -0.05) is 42.5 Å². The molecule has 1 unspecified atom stereocenters. The van der Waals surface area contributed by atoms with Crippen molar-refractivity contribution in [2.45, 2.75) is 38.3 Å². The maximum Gasteiger partial charge on any atom is 0.239 e. The van der Waals surface area contributed by atoms with Crippen LogP contribution in [-0.2, 0) is 11.2 Å². The molecule has 1 amide bonds. The number of nitrogens with zero attached hydrogens (tertiary/aromatic N) is 1. The van der Waals surface area contributed by atoms with Gasteiger partial charge in [-0.15, -0.1) is 12.4 Å². The van der Waals surface area contributed by atoms with Crippen LogP contribution in [0.2, 0.25) is 0 Å². The second kappa shape index (κ2) is 7.12. The molecule has 0 aliphatic carbocycles.